The van der Waals surface area contributed by atoms with Gasteiger partial charge in [-0.15, -0.1) is 0 Å². The van der Waals surface area contributed by atoms with Gasteiger partial charge in [0.1, 0.15) is 6.04 Å². The Hall–Kier alpha value is 0.760. The molecule has 9 heteroatoms. The van der Waals surface area contributed by atoms with Crippen LogP contribution in [-0.4, -0.2) is 41.0 Å². The van der Waals surface area contributed by atoms with E-state index in [0.717, 1.165) is 0 Å². The van der Waals surface area contributed by atoms with Crippen molar-refractivity contribution in [2.75, 3.05) is 12.0 Å². The van der Waals surface area contributed by atoms with Gasteiger partial charge in [-0.25, -0.2) is 4.79 Å². The standard InChI is InChI=1S/C9H15NO5S.2Na/c1-16-5-4-6(9(14)15)10-7(11)2-3-8(12)13;;/h6H,2-5H2,1H3,(H,10,11)(H,12,13)(H,14,15);;/q;2*+1/p-2. The van der Waals surface area contributed by atoms with E-state index in [4.69, 9.17) is 5.11 Å². The molecule has 0 bridgehead atoms. The smallest absolute Gasteiger partial charge is 0.862 e. The molecule has 6 nitrogen and oxygen atoms in total. The molecule has 0 aromatic rings. The third-order valence-corrected chi connectivity index (χ3v) is 2.37. The van der Waals surface area contributed by atoms with Crippen molar-refractivity contribution in [3.05, 3.63) is 0 Å². The SMILES string of the molecule is CSCCC(N=C([O-])CCC(=O)[O-])C(=O)O.[Na+].[Na+]. The van der Waals surface area contributed by atoms with Crippen molar-refractivity contribution in [2.24, 2.45) is 4.99 Å². The maximum atomic E-state index is 11.1. The van der Waals surface area contributed by atoms with Crippen LogP contribution in [0.5, 0.6) is 0 Å². The molecule has 0 rings (SSSR count). The summed E-state index contributed by atoms with van der Waals surface area (Å²) in [5.41, 5.74) is 0. The molecule has 0 aliphatic heterocycles. The molecule has 18 heavy (non-hydrogen) atoms. The van der Waals surface area contributed by atoms with Gasteiger partial charge in [-0.05, 0) is 37.2 Å². The minimum absolute atomic E-state index is 0. The Morgan fingerprint density at radius 1 is 1.28 bits per heavy atom. The zero-order chi connectivity index (χ0) is 12.6. The Morgan fingerprint density at radius 3 is 2.22 bits per heavy atom. The molecule has 0 aromatic heterocycles. The molecule has 0 saturated heterocycles. The summed E-state index contributed by atoms with van der Waals surface area (Å²) < 4.78 is 0. The molecule has 92 valence electrons. The number of carbonyl (C=O) groups is 2. The second-order valence-electron chi connectivity index (χ2n) is 3.03. The van der Waals surface area contributed by atoms with Gasteiger partial charge in [0.15, 0.2) is 0 Å². The van der Waals surface area contributed by atoms with Crippen molar-refractivity contribution in [3.8, 4) is 0 Å². The second-order valence-corrected chi connectivity index (χ2v) is 4.02. The van der Waals surface area contributed by atoms with Gasteiger partial charge < -0.3 is 20.1 Å². The van der Waals surface area contributed by atoms with Crippen molar-refractivity contribution >= 4 is 29.6 Å². The third kappa shape index (κ3) is 13.2. The molecule has 0 fully saturated rings. The number of hydrogen-bond donors (Lipinski definition) is 1. The molecular weight excluding hydrogens is 280 g/mol. The molecule has 0 heterocycles. The van der Waals surface area contributed by atoms with E-state index in [1.54, 1.807) is 0 Å². The topological polar surface area (TPSA) is 113 Å². The number of carboxylic acids is 2. The van der Waals surface area contributed by atoms with Gasteiger partial charge >= 0.3 is 65.1 Å². The van der Waals surface area contributed by atoms with Crippen LogP contribution in [-0.2, 0) is 9.59 Å². The van der Waals surface area contributed by atoms with Crippen molar-refractivity contribution in [3.63, 3.8) is 0 Å². The van der Waals surface area contributed by atoms with Crippen molar-refractivity contribution < 1.29 is 84.0 Å². The molecule has 0 amide bonds. The summed E-state index contributed by atoms with van der Waals surface area (Å²) in [4.78, 5) is 24.2. The normalized spacial score (nSPS) is 11.9. The Balaban J connectivity index is -0.00000112. The molecule has 1 atom stereocenters. The van der Waals surface area contributed by atoms with Crippen molar-refractivity contribution in [1.82, 2.24) is 0 Å². The number of rotatable bonds is 8. The van der Waals surface area contributed by atoms with Crippen LogP contribution in [0.3, 0.4) is 0 Å². The molecule has 0 radical (unpaired) electrons. The predicted molar refractivity (Wildman–Crippen MR) is 56.1 cm³/mol. The van der Waals surface area contributed by atoms with Gasteiger partial charge in [0, 0.05) is 5.97 Å². The first-order valence-electron chi connectivity index (χ1n) is 4.62. The summed E-state index contributed by atoms with van der Waals surface area (Å²) in [5.74, 6) is -2.65. The van der Waals surface area contributed by atoms with Crippen molar-refractivity contribution in [1.29, 1.82) is 0 Å². The first kappa shape index (κ1) is 23.8. The summed E-state index contributed by atoms with van der Waals surface area (Å²) in [5, 5.41) is 29.9. The fourth-order valence-electron chi connectivity index (χ4n) is 0.920. The number of thioether (sulfide) groups is 1. The molecule has 0 aromatic carbocycles. The van der Waals surface area contributed by atoms with E-state index in [9.17, 15) is 19.8 Å². The maximum absolute atomic E-state index is 11.1. The minimum Gasteiger partial charge on any atom is -0.862 e. The van der Waals surface area contributed by atoms with Gasteiger partial charge in [0.05, 0.1) is 0 Å². The van der Waals surface area contributed by atoms with E-state index in [2.05, 4.69) is 4.99 Å². The monoisotopic (exact) mass is 293 g/mol. The van der Waals surface area contributed by atoms with Crippen molar-refractivity contribution in [2.45, 2.75) is 25.3 Å². The van der Waals surface area contributed by atoms with E-state index < -0.39 is 30.3 Å². The van der Waals surface area contributed by atoms with Crippen LogP contribution in [0, 0.1) is 0 Å². The molecule has 1 N–H and O–H groups in total. The quantitative estimate of drug-likeness (QED) is 0.270. The average Bonchev–Trinajstić information content (AvgIpc) is 2.20. The molecule has 1 unspecified atom stereocenters. The zero-order valence-electron chi connectivity index (χ0n) is 10.8. The minimum atomic E-state index is -1.35. The largest absolute Gasteiger partial charge is 1.00 e. The summed E-state index contributed by atoms with van der Waals surface area (Å²) in [6, 6.07) is -1.08. The second kappa shape index (κ2) is 14.2. The number of carboxylic acid groups (broad SMARTS) is 2. The van der Waals surface area contributed by atoms with Crippen LogP contribution < -0.4 is 69.3 Å². The van der Waals surface area contributed by atoms with Gasteiger partial charge in [0.25, 0.3) is 0 Å². The summed E-state index contributed by atoms with van der Waals surface area (Å²) in [7, 11) is 0. The molecular formula is C9H13NNa2O5S. The number of aliphatic imine (C=N–C) groups is 1. The summed E-state index contributed by atoms with van der Waals surface area (Å²) in [6.45, 7) is 0. The van der Waals surface area contributed by atoms with E-state index in [0.29, 0.717) is 5.75 Å². The first-order chi connectivity index (χ1) is 7.47. The average molecular weight is 293 g/mol. The van der Waals surface area contributed by atoms with E-state index >= 15 is 0 Å². The van der Waals surface area contributed by atoms with Crippen LogP contribution in [0.25, 0.3) is 0 Å². The fraction of sp³-hybridized carbons (Fsp3) is 0.667. The predicted octanol–water partition coefficient (Wildman–Crippen LogP) is -7.51. The Labute approximate surface area is 154 Å². The van der Waals surface area contributed by atoms with Crippen LogP contribution in [0.4, 0.5) is 0 Å². The molecule has 0 aliphatic rings. The number of aliphatic carboxylic acids is 2. The summed E-state index contributed by atoms with van der Waals surface area (Å²) in [6.07, 6.45) is 1.33. The Bertz CT molecular complexity index is 288. The number of hydrogen-bond acceptors (Lipinski definition) is 6. The van der Waals surface area contributed by atoms with Gasteiger partial charge in [-0.1, -0.05) is 0 Å². The van der Waals surface area contributed by atoms with Crippen LogP contribution in [0.15, 0.2) is 4.99 Å². The molecule has 0 aliphatic carbocycles. The van der Waals surface area contributed by atoms with Gasteiger partial charge in [0.2, 0.25) is 0 Å². The van der Waals surface area contributed by atoms with E-state index in [1.165, 1.54) is 11.8 Å². The number of nitrogens with zero attached hydrogens (tertiary/aromatic N) is 1. The Kier molecular flexibility index (Phi) is 18.8. The Morgan fingerprint density at radius 2 is 1.83 bits per heavy atom. The fourth-order valence-corrected chi connectivity index (χ4v) is 1.38. The number of carbonyl (C=O) groups excluding carboxylic acids is 1. The van der Waals surface area contributed by atoms with Crippen LogP contribution >= 0.6 is 11.8 Å². The van der Waals surface area contributed by atoms with Crippen LogP contribution in [0.2, 0.25) is 0 Å². The molecule has 0 saturated carbocycles. The maximum Gasteiger partial charge on any atom is 1.00 e. The van der Waals surface area contributed by atoms with E-state index in [1.807, 2.05) is 6.26 Å². The molecule has 0 spiro atoms. The zero-order valence-corrected chi connectivity index (χ0v) is 15.7. The summed E-state index contributed by atoms with van der Waals surface area (Å²) >= 11 is 1.45. The van der Waals surface area contributed by atoms with Crippen LogP contribution in [0.1, 0.15) is 19.3 Å². The van der Waals surface area contributed by atoms with Gasteiger partial charge in [-0.3, -0.25) is 4.99 Å². The van der Waals surface area contributed by atoms with Gasteiger partial charge in [-0.2, -0.15) is 11.8 Å². The first-order valence-corrected chi connectivity index (χ1v) is 6.02. The third-order valence-electron chi connectivity index (χ3n) is 1.72. The van der Waals surface area contributed by atoms with E-state index in [-0.39, 0.29) is 72.0 Å².